The van der Waals surface area contributed by atoms with E-state index in [1.165, 1.54) is 16.8 Å². The van der Waals surface area contributed by atoms with Gasteiger partial charge < -0.3 is 10.2 Å². The third-order valence-corrected chi connectivity index (χ3v) is 4.78. The highest BCUT2D eigenvalue weighted by molar-refractivity contribution is 5.47. The van der Waals surface area contributed by atoms with Gasteiger partial charge in [-0.2, -0.15) is 0 Å². The summed E-state index contributed by atoms with van der Waals surface area (Å²) in [4.78, 5) is 9.46. The lowest BCUT2D eigenvalue weighted by molar-refractivity contribution is 0.195. The van der Waals surface area contributed by atoms with Crippen LogP contribution in [0.5, 0.6) is 0 Å². The summed E-state index contributed by atoms with van der Waals surface area (Å²) in [6.07, 6.45) is 3.06. The van der Waals surface area contributed by atoms with Gasteiger partial charge >= 0.3 is 0 Å². The minimum Gasteiger partial charge on any atom is -0.378 e. The van der Waals surface area contributed by atoms with Gasteiger partial charge in [-0.1, -0.05) is 25.1 Å². The Labute approximate surface area is 145 Å². The predicted molar refractivity (Wildman–Crippen MR) is 101 cm³/mol. The maximum atomic E-state index is 4.79. The van der Waals surface area contributed by atoms with Crippen molar-refractivity contribution in [2.75, 3.05) is 45.2 Å². The summed E-state index contributed by atoms with van der Waals surface area (Å²) in [5.41, 5.74) is 4.99. The first-order chi connectivity index (χ1) is 11.7. The van der Waals surface area contributed by atoms with E-state index in [-0.39, 0.29) is 6.04 Å². The Kier molecular flexibility index (Phi) is 5.48. The summed E-state index contributed by atoms with van der Waals surface area (Å²) in [6.45, 7) is 6.36. The van der Waals surface area contributed by atoms with Crippen molar-refractivity contribution in [1.82, 2.24) is 15.2 Å². The van der Waals surface area contributed by atoms with Gasteiger partial charge in [-0.25, -0.2) is 0 Å². The lowest BCUT2D eigenvalue weighted by Gasteiger charge is -2.35. The van der Waals surface area contributed by atoms with Crippen molar-refractivity contribution >= 4 is 5.69 Å². The number of pyridine rings is 1. The Morgan fingerprint density at radius 1 is 1.08 bits per heavy atom. The van der Waals surface area contributed by atoms with Gasteiger partial charge in [0.2, 0.25) is 0 Å². The molecular weight excluding hydrogens is 296 g/mol. The highest BCUT2D eigenvalue weighted by Gasteiger charge is 2.25. The molecule has 0 aliphatic carbocycles. The normalized spacial score (nSPS) is 16.8. The number of rotatable bonds is 5. The molecule has 1 aliphatic heterocycles. The molecule has 2 aromatic rings. The molecule has 1 aromatic heterocycles. The van der Waals surface area contributed by atoms with Crippen LogP contribution in [0.2, 0.25) is 0 Å². The van der Waals surface area contributed by atoms with Crippen LogP contribution < -0.4 is 10.2 Å². The van der Waals surface area contributed by atoms with Crippen molar-refractivity contribution in [2.24, 2.45) is 0 Å². The second-order valence-electron chi connectivity index (χ2n) is 6.62. The molecule has 1 N–H and O–H groups in total. The summed E-state index contributed by atoms with van der Waals surface area (Å²) in [5, 5.41) is 3.45. The fourth-order valence-electron chi connectivity index (χ4n) is 3.27. The molecule has 0 saturated carbocycles. The number of benzene rings is 1. The lowest BCUT2D eigenvalue weighted by atomic mass is 9.99. The number of anilines is 1. The van der Waals surface area contributed by atoms with Gasteiger partial charge in [-0.15, -0.1) is 0 Å². The van der Waals surface area contributed by atoms with Crippen molar-refractivity contribution in [3.8, 4) is 0 Å². The summed E-state index contributed by atoms with van der Waals surface area (Å²) >= 11 is 0. The quantitative estimate of drug-likeness (QED) is 0.916. The molecule has 1 atom stereocenters. The highest BCUT2D eigenvalue weighted by Crippen LogP contribution is 2.29. The number of nitrogens with zero attached hydrogens (tertiary/aromatic N) is 3. The number of hydrogen-bond donors (Lipinski definition) is 1. The maximum absolute atomic E-state index is 4.79. The Balaban J connectivity index is 1.93. The molecule has 1 aliphatic rings. The zero-order valence-corrected chi connectivity index (χ0v) is 15.0. The average Bonchev–Trinajstić information content (AvgIpc) is 2.64. The van der Waals surface area contributed by atoms with Crippen LogP contribution in [0.15, 0.2) is 42.6 Å². The molecule has 1 fully saturated rings. The van der Waals surface area contributed by atoms with E-state index in [1.807, 2.05) is 6.20 Å². The molecule has 0 spiro atoms. The molecule has 3 rings (SSSR count). The Bertz CT molecular complexity index is 628. The lowest BCUT2D eigenvalue weighted by Crippen LogP contribution is -2.45. The fraction of sp³-hybridized carbons (Fsp3) is 0.450. The zero-order chi connectivity index (χ0) is 16.9. The summed E-state index contributed by atoms with van der Waals surface area (Å²) in [5.74, 6) is 0. The third kappa shape index (κ3) is 3.77. The first-order valence-corrected chi connectivity index (χ1v) is 8.86. The fourth-order valence-corrected chi connectivity index (χ4v) is 3.27. The summed E-state index contributed by atoms with van der Waals surface area (Å²) < 4.78 is 0. The molecule has 24 heavy (non-hydrogen) atoms. The van der Waals surface area contributed by atoms with E-state index >= 15 is 0 Å². The molecule has 2 heterocycles. The van der Waals surface area contributed by atoms with E-state index in [4.69, 9.17) is 4.98 Å². The Morgan fingerprint density at radius 3 is 2.33 bits per heavy atom. The molecule has 4 nitrogen and oxygen atoms in total. The van der Waals surface area contributed by atoms with Crippen LogP contribution in [-0.4, -0.2) is 50.2 Å². The zero-order valence-electron chi connectivity index (χ0n) is 15.0. The van der Waals surface area contributed by atoms with E-state index in [0.717, 1.165) is 38.3 Å². The van der Waals surface area contributed by atoms with Crippen molar-refractivity contribution in [2.45, 2.75) is 19.4 Å². The van der Waals surface area contributed by atoms with Gasteiger partial charge in [-0.05, 0) is 35.7 Å². The maximum Gasteiger partial charge on any atom is 0.0777 e. The largest absolute Gasteiger partial charge is 0.378 e. The SMILES string of the molecule is CCc1ccc(C(c2ccc(N(C)C)cc2)N2CCNCC2)nc1. The molecule has 1 unspecified atom stereocenters. The van der Waals surface area contributed by atoms with E-state index < -0.39 is 0 Å². The van der Waals surface area contributed by atoms with Crippen LogP contribution in [0.1, 0.15) is 29.8 Å². The number of hydrogen-bond acceptors (Lipinski definition) is 4. The minimum absolute atomic E-state index is 0.231. The van der Waals surface area contributed by atoms with Gasteiger partial charge in [0.25, 0.3) is 0 Å². The second-order valence-corrected chi connectivity index (χ2v) is 6.62. The molecule has 0 bridgehead atoms. The summed E-state index contributed by atoms with van der Waals surface area (Å²) in [7, 11) is 4.15. The average molecular weight is 324 g/mol. The smallest absolute Gasteiger partial charge is 0.0777 e. The van der Waals surface area contributed by atoms with E-state index in [9.17, 15) is 0 Å². The molecule has 4 heteroatoms. The Morgan fingerprint density at radius 2 is 1.79 bits per heavy atom. The number of aromatic nitrogens is 1. The monoisotopic (exact) mass is 324 g/mol. The van der Waals surface area contributed by atoms with Gasteiger partial charge in [-0.3, -0.25) is 9.88 Å². The Hall–Kier alpha value is -1.91. The molecule has 128 valence electrons. The predicted octanol–water partition coefficient (Wildman–Crippen LogP) is 2.70. The van der Waals surface area contributed by atoms with Gasteiger partial charge in [0, 0.05) is 52.2 Å². The highest BCUT2D eigenvalue weighted by atomic mass is 15.2. The molecular formula is C20H28N4. The van der Waals surface area contributed by atoms with Crippen LogP contribution in [0, 0.1) is 0 Å². The molecule has 1 saturated heterocycles. The van der Waals surface area contributed by atoms with Gasteiger partial charge in [0.1, 0.15) is 0 Å². The van der Waals surface area contributed by atoms with Crippen molar-refractivity contribution < 1.29 is 0 Å². The van der Waals surface area contributed by atoms with Gasteiger partial charge in [0.15, 0.2) is 0 Å². The summed E-state index contributed by atoms with van der Waals surface area (Å²) in [6, 6.07) is 13.5. The van der Waals surface area contributed by atoms with Crippen LogP contribution in [0.25, 0.3) is 0 Å². The number of piperazine rings is 1. The molecule has 0 amide bonds. The van der Waals surface area contributed by atoms with Gasteiger partial charge in [0.05, 0.1) is 11.7 Å². The molecule has 1 aromatic carbocycles. The number of nitrogens with one attached hydrogen (secondary N) is 1. The topological polar surface area (TPSA) is 31.4 Å². The van der Waals surface area contributed by atoms with Crippen LogP contribution in [-0.2, 0) is 6.42 Å². The standard InChI is InChI=1S/C20H28N4/c1-4-16-5-10-19(22-15-16)20(24-13-11-21-12-14-24)17-6-8-18(9-7-17)23(2)3/h5-10,15,20-21H,4,11-14H2,1-3H3. The minimum atomic E-state index is 0.231. The molecule has 0 radical (unpaired) electrons. The van der Waals surface area contributed by atoms with E-state index in [1.54, 1.807) is 0 Å². The van der Waals surface area contributed by atoms with E-state index in [0.29, 0.717) is 0 Å². The van der Waals surface area contributed by atoms with Crippen molar-refractivity contribution in [3.05, 3.63) is 59.4 Å². The first-order valence-electron chi connectivity index (χ1n) is 8.86. The second kappa shape index (κ2) is 7.77. The van der Waals surface area contributed by atoms with Crippen molar-refractivity contribution in [3.63, 3.8) is 0 Å². The third-order valence-electron chi connectivity index (χ3n) is 4.78. The van der Waals surface area contributed by atoms with Crippen molar-refractivity contribution in [1.29, 1.82) is 0 Å². The first kappa shape index (κ1) is 16.9. The number of aryl methyl sites for hydroxylation is 1. The van der Waals surface area contributed by atoms with Crippen LogP contribution in [0.4, 0.5) is 5.69 Å². The van der Waals surface area contributed by atoms with Crippen LogP contribution >= 0.6 is 0 Å². The van der Waals surface area contributed by atoms with E-state index in [2.05, 4.69) is 72.5 Å². The van der Waals surface area contributed by atoms with Crippen LogP contribution in [0.3, 0.4) is 0 Å².